The topological polar surface area (TPSA) is 255 Å². The van der Waals surface area contributed by atoms with Crippen LogP contribution in [-0.4, -0.2) is 184 Å². The van der Waals surface area contributed by atoms with Crippen LogP contribution in [0.15, 0.2) is 121 Å². The summed E-state index contributed by atoms with van der Waals surface area (Å²) in [6, 6.07) is 38.9. The summed E-state index contributed by atoms with van der Waals surface area (Å²) >= 11 is 1.19. The third-order valence-electron chi connectivity index (χ3n) is 20.1. The fourth-order valence-corrected chi connectivity index (χ4v) is 12.2. The number of esters is 3. The molecule has 1 heterocycles. The van der Waals surface area contributed by atoms with Crippen LogP contribution in [0.25, 0.3) is 0 Å². The van der Waals surface area contributed by atoms with Crippen LogP contribution in [0.1, 0.15) is 356 Å². The second-order valence-electron chi connectivity index (χ2n) is 50.0. The minimum absolute atomic E-state index is 0.00844. The number of anilines is 1. The van der Waals surface area contributed by atoms with Crippen molar-refractivity contribution in [2.24, 2.45) is 32.5 Å². The molecular formula is C114H189N5O19S. The number of hydrogen-bond acceptors (Lipinski definition) is 21. The van der Waals surface area contributed by atoms with Gasteiger partial charge in [-0.2, -0.15) is 0 Å². The third kappa shape index (κ3) is 58.4. The zero-order valence-corrected chi connectivity index (χ0v) is 95.8. The lowest BCUT2D eigenvalue weighted by Gasteiger charge is -2.33. The second kappa shape index (κ2) is 55.2. The van der Waals surface area contributed by atoms with Crippen molar-refractivity contribution >= 4 is 58.5 Å². The predicted octanol–water partition coefficient (Wildman–Crippen LogP) is 27.1. The summed E-state index contributed by atoms with van der Waals surface area (Å²) in [4.78, 5) is 90.4. The van der Waals surface area contributed by atoms with E-state index in [1.165, 1.54) is 33.4 Å². The molecule has 0 bridgehead atoms. The Bertz CT molecular complexity index is 4380. The summed E-state index contributed by atoms with van der Waals surface area (Å²) in [7, 11) is 7.25. The number of rotatable bonds is 24. The highest BCUT2D eigenvalue weighted by Crippen LogP contribution is 2.49. The van der Waals surface area contributed by atoms with Gasteiger partial charge in [-0.3, -0.25) is 33.7 Å². The SMILES string of the molecule is CC(C)(C)OC1CCCC1OC(=O)C(C)(C)C.CC(C)(C)OC1OC(C(C)(C)C)c2ccccc21.CC(C)(C)OCc1ccc(NC(=O)C(C)(C)C)cc1.CC(C)(C)OCc1ccc(OC(=O)C(C)(C)C)cc1.CC(C)(C)OCc1ccc(OC(C)(C)C)cc1.CN(CCN(C)C(=O)C(C)(C)C)C(=O)Oc1ccc(COC(C)(C)C)cc1.CN(CCN(C)C(C)(C)C)C(=O)SCCOC(=O)C(C)(C)C. The predicted molar refractivity (Wildman–Crippen MR) is 568 cm³/mol. The molecule has 790 valence electrons. The smallest absolute Gasteiger partial charge is 0.415 e. The zero-order valence-electron chi connectivity index (χ0n) is 95.0. The maximum Gasteiger partial charge on any atom is 0.415 e. The Balaban J connectivity index is 0.000000815. The van der Waals surface area contributed by atoms with Gasteiger partial charge < -0.3 is 76.9 Å². The molecule has 0 aromatic heterocycles. The minimum atomic E-state index is -0.497. The molecule has 0 spiro atoms. The fraction of sp³-hybridized carbons (Fsp3) is 0.675. The van der Waals surface area contributed by atoms with Gasteiger partial charge in [0.1, 0.15) is 35.6 Å². The van der Waals surface area contributed by atoms with Crippen molar-refractivity contribution < 1.29 is 90.4 Å². The normalized spacial score (nSPS) is 15.5. The van der Waals surface area contributed by atoms with Gasteiger partial charge in [0.2, 0.25) is 11.8 Å². The molecule has 1 N–H and O–H groups in total. The molecule has 4 unspecified atom stereocenters. The van der Waals surface area contributed by atoms with E-state index in [1.54, 1.807) is 55.2 Å². The fourth-order valence-electron chi connectivity index (χ4n) is 11.6. The Labute approximate surface area is 846 Å². The first-order valence-electron chi connectivity index (χ1n) is 49.1. The molecule has 24 nitrogen and oxygen atoms in total. The molecule has 0 radical (unpaired) electrons. The average Bonchev–Trinajstić information content (AvgIpc) is 1.62. The summed E-state index contributed by atoms with van der Waals surface area (Å²) in [5.41, 5.74) is 4.40. The number of carbonyl (C=O) groups is 7. The molecule has 0 saturated heterocycles. The van der Waals surface area contributed by atoms with E-state index in [1.807, 2.05) is 287 Å². The van der Waals surface area contributed by atoms with Gasteiger partial charge in [-0.25, -0.2) is 4.79 Å². The number of nitrogens with zero attached hydrogens (tertiary/aromatic N) is 4. The molecular weight excluding hydrogens is 1780 g/mol. The van der Waals surface area contributed by atoms with Crippen molar-refractivity contribution in [2.45, 2.75) is 406 Å². The van der Waals surface area contributed by atoms with Crippen LogP contribution in [0.3, 0.4) is 0 Å². The molecule has 1 aliphatic heterocycles. The van der Waals surface area contributed by atoms with Crippen molar-refractivity contribution in [3.05, 3.63) is 155 Å². The van der Waals surface area contributed by atoms with Crippen LogP contribution >= 0.6 is 11.8 Å². The van der Waals surface area contributed by atoms with E-state index in [-0.39, 0.29) is 122 Å². The molecule has 2 aliphatic rings. The standard InChI is InChI=1S/C21H34N2O4.C16H32N2O3S.C16H25NO2.C16H24O3.C16H24O2.C15H24O2.C14H26O3/c1-20(2,3)18(24)22(7)13-14-23(8)19(25)27-17-11-9-16(10-12-17)15-26-21(4,5)6;1-15(2,3)13(19)21-11-12-22-14(20)17(7)9-10-18(8)16(4,5)6;1-15(2,3)14(18)17-13-9-7-12(8-10-13)11-19-16(4,5)6;1-15(2,3)14(17)19-13-9-7-12(8-10-13)11-18-16(4,5)6;1-15(2,3)13-11-9-7-8-10-12(11)14(17-13)18-16(4,5)6;1-14(2,3)16-11-12-7-9-13(10-8-12)17-15(4,5)6;1-13(2,3)12(15)16-10-8-7-9-11(10)17-14(4,5)6/h9-12H,13-15H2,1-8H3;9-12H2,1-8H3;7-10H,11H2,1-6H3,(H,17,18);7-10H,11H2,1-6H3;7-10,13-14H,1-6H3;7-10H,11H2,1-6H3;10-11H,7-9H2,1-6H3. The van der Waals surface area contributed by atoms with E-state index in [4.69, 9.17) is 56.8 Å². The third-order valence-corrected chi connectivity index (χ3v) is 21.0. The molecule has 25 heteroatoms. The zero-order chi connectivity index (χ0) is 108. The van der Waals surface area contributed by atoms with Crippen LogP contribution in [0.4, 0.5) is 15.3 Å². The second-order valence-corrected chi connectivity index (χ2v) is 51.1. The monoisotopic (exact) mass is 1960 g/mol. The van der Waals surface area contributed by atoms with Crippen LogP contribution in [-0.2, 0) is 93.0 Å². The summed E-state index contributed by atoms with van der Waals surface area (Å²) < 4.78 is 68.1. The molecule has 1 saturated carbocycles. The van der Waals surface area contributed by atoms with Crippen LogP contribution in [0.2, 0.25) is 0 Å². The number of ether oxygens (including phenoxy) is 12. The number of nitrogens with one attached hydrogen (secondary N) is 1. The number of fused-ring (bicyclic) bond motifs is 1. The molecule has 4 amide bonds. The Hall–Kier alpha value is -7.98. The van der Waals surface area contributed by atoms with Gasteiger partial charge in [0.15, 0.2) is 6.29 Å². The number of likely N-dealkylation sites (N-methyl/N-ethyl adjacent to an activating group) is 4. The summed E-state index contributed by atoms with van der Waals surface area (Å²) in [6.45, 7) is 88.6. The van der Waals surface area contributed by atoms with Crippen LogP contribution in [0.5, 0.6) is 17.2 Å². The lowest BCUT2D eigenvalue weighted by molar-refractivity contribution is -0.222. The molecule has 7 rings (SSSR count). The molecule has 5 aromatic rings. The maximum atomic E-state index is 12.2. The van der Waals surface area contributed by atoms with Crippen molar-refractivity contribution in [3.8, 4) is 17.2 Å². The summed E-state index contributed by atoms with van der Waals surface area (Å²) in [6.07, 6.45) is 2.36. The minimum Gasteiger partial charge on any atom is -0.488 e. The Morgan fingerprint density at radius 2 is 0.748 bits per heavy atom. The van der Waals surface area contributed by atoms with Gasteiger partial charge in [0.25, 0.3) is 5.24 Å². The van der Waals surface area contributed by atoms with E-state index in [9.17, 15) is 33.6 Å². The Morgan fingerprint density at radius 3 is 1.12 bits per heavy atom. The van der Waals surface area contributed by atoms with E-state index in [2.05, 4.69) is 119 Å². The first-order chi connectivity index (χ1) is 62.7. The summed E-state index contributed by atoms with van der Waals surface area (Å²) in [5, 5.41) is 2.91. The number of amides is 4. The van der Waals surface area contributed by atoms with Crippen molar-refractivity contribution in [2.75, 3.05) is 72.0 Å². The highest BCUT2D eigenvalue weighted by molar-refractivity contribution is 8.13. The van der Waals surface area contributed by atoms with Gasteiger partial charge in [-0.15, -0.1) is 0 Å². The number of benzene rings is 5. The highest BCUT2D eigenvalue weighted by Gasteiger charge is 2.42. The first-order valence-corrected chi connectivity index (χ1v) is 50.1. The van der Waals surface area contributed by atoms with Crippen LogP contribution < -0.4 is 19.5 Å². The van der Waals surface area contributed by atoms with Crippen molar-refractivity contribution in [1.29, 1.82) is 0 Å². The summed E-state index contributed by atoms with van der Waals surface area (Å²) in [5.74, 6) is 1.89. The van der Waals surface area contributed by atoms with E-state index >= 15 is 0 Å². The quantitative estimate of drug-likeness (QED) is 0.0342. The Kier molecular flexibility index (Phi) is 51.2. The van der Waals surface area contributed by atoms with Gasteiger partial charge >= 0.3 is 24.0 Å². The van der Waals surface area contributed by atoms with E-state index in [0.29, 0.717) is 63.3 Å². The average molecular weight is 1970 g/mol. The number of thioether (sulfide) groups is 1. The number of hydrogen-bond donors (Lipinski definition) is 1. The van der Waals surface area contributed by atoms with Gasteiger partial charge in [-0.05, 0) is 337 Å². The van der Waals surface area contributed by atoms with Gasteiger partial charge in [0.05, 0.1) is 88.5 Å². The lowest BCUT2D eigenvalue weighted by atomic mass is 9.84. The molecule has 139 heavy (non-hydrogen) atoms. The van der Waals surface area contributed by atoms with Gasteiger partial charge in [0, 0.05) is 80.7 Å². The van der Waals surface area contributed by atoms with Gasteiger partial charge in [-0.1, -0.05) is 147 Å². The largest absolute Gasteiger partial charge is 0.488 e. The highest BCUT2D eigenvalue weighted by atomic mass is 32.2. The molecule has 4 atom stereocenters. The van der Waals surface area contributed by atoms with Crippen molar-refractivity contribution in [1.82, 2.24) is 19.6 Å². The lowest BCUT2D eigenvalue weighted by Crippen LogP contribution is -2.42. The van der Waals surface area contributed by atoms with Crippen LogP contribution in [0, 0.1) is 32.5 Å². The molecule has 5 aromatic carbocycles. The maximum absolute atomic E-state index is 12.2. The molecule has 1 aliphatic carbocycles. The van der Waals surface area contributed by atoms with Crippen molar-refractivity contribution in [3.63, 3.8) is 0 Å². The molecule has 1 fully saturated rings. The Morgan fingerprint density at radius 1 is 0.374 bits per heavy atom. The first kappa shape index (κ1) is 129. The van der Waals surface area contributed by atoms with E-state index in [0.717, 1.165) is 53.9 Å². The van der Waals surface area contributed by atoms with E-state index < -0.39 is 27.8 Å². The number of carbonyl (C=O) groups excluding carboxylic acids is 7.